The topological polar surface area (TPSA) is 67.6 Å². The van der Waals surface area contributed by atoms with E-state index in [1.165, 1.54) is 0 Å². The third kappa shape index (κ3) is 3.19. The van der Waals surface area contributed by atoms with Crippen LogP contribution >= 0.6 is 0 Å². The molecule has 0 amide bonds. The van der Waals surface area contributed by atoms with Gasteiger partial charge in [0.1, 0.15) is 6.04 Å². The highest BCUT2D eigenvalue weighted by atomic mass is 16.5. The Kier molecular flexibility index (Phi) is 4.15. The van der Waals surface area contributed by atoms with Crippen molar-refractivity contribution in [3.63, 3.8) is 0 Å². The van der Waals surface area contributed by atoms with Gasteiger partial charge in [-0.15, -0.1) is 0 Å². The third-order valence-electron chi connectivity index (χ3n) is 3.51. The zero-order valence-corrected chi connectivity index (χ0v) is 12.6. The molecule has 1 aromatic rings. The lowest BCUT2D eigenvalue weighted by atomic mass is 9.89. The summed E-state index contributed by atoms with van der Waals surface area (Å²) in [5, 5.41) is 13.8. The van der Waals surface area contributed by atoms with Gasteiger partial charge in [-0.25, -0.2) is 0 Å². The van der Waals surface area contributed by atoms with Crippen LogP contribution in [0.1, 0.15) is 32.0 Å². The number of rotatable bonds is 3. The van der Waals surface area contributed by atoms with Gasteiger partial charge in [-0.1, -0.05) is 20.8 Å². The summed E-state index contributed by atoms with van der Waals surface area (Å²) < 4.78 is 7.07. The number of aromatic nitrogens is 2. The molecule has 0 spiro atoms. The Morgan fingerprint density at radius 1 is 1.55 bits per heavy atom. The Morgan fingerprint density at radius 2 is 2.25 bits per heavy atom. The van der Waals surface area contributed by atoms with Crippen LogP contribution in [0.25, 0.3) is 0 Å². The maximum absolute atomic E-state index is 11.3. The number of carbonyl (C=O) groups is 1. The van der Waals surface area contributed by atoms with Crippen molar-refractivity contribution in [1.82, 2.24) is 14.7 Å². The van der Waals surface area contributed by atoms with E-state index in [2.05, 4.69) is 25.9 Å². The van der Waals surface area contributed by atoms with Crippen LogP contribution in [0, 0.1) is 0 Å². The van der Waals surface area contributed by atoms with Crippen LogP contribution in [-0.2, 0) is 28.5 Å². The summed E-state index contributed by atoms with van der Waals surface area (Å²) in [4.78, 5) is 13.3. The van der Waals surface area contributed by atoms with Gasteiger partial charge < -0.3 is 9.84 Å². The van der Waals surface area contributed by atoms with E-state index in [1.807, 2.05) is 18.1 Å². The third-order valence-corrected chi connectivity index (χ3v) is 3.51. The smallest absolute Gasteiger partial charge is 0.323 e. The molecule has 1 aromatic heterocycles. The molecule has 0 aromatic carbocycles. The number of hydrogen-bond acceptors (Lipinski definition) is 4. The van der Waals surface area contributed by atoms with Crippen molar-refractivity contribution in [2.45, 2.75) is 38.8 Å². The average Bonchev–Trinajstić information content (AvgIpc) is 2.70. The van der Waals surface area contributed by atoms with Gasteiger partial charge in [-0.3, -0.25) is 14.4 Å². The SMILES string of the molecule is Cn1cc(CN2CCOCC2C(=O)O)c(C(C)(C)C)n1. The fourth-order valence-electron chi connectivity index (χ4n) is 2.56. The second-order valence-electron chi connectivity index (χ2n) is 6.33. The lowest BCUT2D eigenvalue weighted by Gasteiger charge is -2.33. The van der Waals surface area contributed by atoms with Gasteiger partial charge in [0.2, 0.25) is 0 Å². The minimum atomic E-state index is -0.828. The number of ether oxygens (including phenoxy) is 1. The van der Waals surface area contributed by atoms with Crippen LogP contribution in [0.2, 0.25) is 0 Å². The predicted molar refractivity (Wildman–Crippen MR) is 74.6 cm³/mol. The van der Waals surface area contributed by atoms with E-state index >= 15 is 0 Å². The molecule has 2 heterocycles. The lowest BCUT2D eigenvalue weighted by molar-refractivity contribution is -0.150. The van der Waals surface area contributed by atoms with Crippen molar-refractivity contribution in [2.75, 3.05) is 19.8 Å². The van der Waals surface area contributed by atoms with E-state index in [0.717, 1.165) is 11.3 Å². The van der Waals surface area contributed by atoms with Gasteiger partial charge in [-0.2, -0.15) is 5.10 Å². The molecule has 1 aliphatic rings. The quantitative estimate of drug-likeness (QED) is 0.895. The minimum Gasteiger partial charge on any atom is -0.480 e. The predicted octanol–water partition coefficient (Wildman–Crippen LogP) is 1.00. The Labute approximate surface area is 119 Å². The molecular formula is C14H23N3O3. The van der Waals surface area contributed by atoms with Crippen LogP contribution < -0.4 is 0 Å². The van der Waals surface area contributed by atoms with Crippen LogP contribution in [0.15, 0.2) is 6.20 Å². The molecule has 6 heteroatoms. The Hall–Kier alpha value is -1.40. The first-order chi connectivity index (χ1) is 9.29. The molecule has 1 aliphatic heterocycles. The molecule has 1 unspecified atom stereocenters. The fraction of sp³-hybridized carbons (Fsp3) is 0.714. The van der Waals surface area contributed by atoms with E-state index in [0.29, 0.717) is 19.7 Å². The maximum atomic E-state index is 11.3. The minimum absolute atomic E-state index is 0.0540. The lowest BCUT2D eigenvalue weighted by Crippen LogP contribution is -2.49. The molecule has 2 rings (SSSR count). The van der Waals surface area contributed by atoms with Gasteiger partial charge in [0.25, 0.3) is 0 Å². The highest BCUT2D eigenvalue weighted by Gasteiger charge is 2.31. The number of aryl methyl sites for hydroxylation is 1. The maximum Gasteiger partial charge on any atom is 0.323 e. The highest BCUT2D eigenvalue weighted by molar-refractivity contribution is 5.73. The summed E-state index contributed by atoms with van der Waals surface area (Å²) in [5.41, 5.74) is 2.06. The monoisotopic (exact) mass is 281 g/mol. The first-order valence-electron chi connectivity index (χ1n) is 6.86. The summed E-state index contributed by atoms with van der Waals surface area (Å²) in [6, 6.07) is -0.572. The summed E-state index contributed by atoms with van der Waals surface area (Å²) in [5.74, 6) is -0.828. The van der Waals surface area contributed by atoms with E-state index in [-0.39, 0.29) is 12.0 Å². The van der Waals surface area contributed by atoms with Crippen molar-refractivity contribution < 1.29 is 14.6 Å². The number of morpholine rings is 1. The molecule has 0 saturated carbocycles. The zero-order chi connectivity index (χ0) is 14.9. The number of aliphatic carboxylic acids is 1. The first kappa shape index (κ1) is 15.0. The van der Waals surface area contributed by atoms with Crippen molar-refractivity contribution >= 4 is 5.97 Å². The Morgan fingerprint density at radius 3 is 2.85 bits per heavy atom. The molecule has 0 bridgehead atoms. The summed E-state index contributed by atoms with van der Waals surface area (Å²) in [7, 11) is 1.90. The normalized spacial score (nSPS) is 21.1. The molecular weight excluding hydrogens is 258 g/mol. The summed E-state index contributed by atoms with van der Waals surface area (Å²) in [6.07, 6.45) is 1.98. The van der Waals surface area contributed by atoms with Crippen molar-refractivity contribution in [2.24, 2.45) is 7.05 Å². The van der Waals surface area contributed by atoms with Crippen LogP contribution in [0.5, 0.6) is 0 Å². The summed E-state index contributed by atoms with van der Waals surface area (Å²) >= 11 is 0. The molecule has 1 N–H and O–H groups in total. The molecule has 0 aliphatic carbocycles. The van der Waals surface area contributed by atoms with E-state index in [1.54, 1.807) is 4.68 Å². The second-order valence-corrected chi connectivity index (χ2v) is 6.33. The number of nitrogens with zero attached hydrogens (tertiary/aromatic N) is 3. The molecule has 0 radical (unpaired) electrons. The molecule has 1 saturated heterocycles. The van der Waals surface area contributed by atoms with E-state index < -0.39 is 12.0 Å². The number of carboxylic acid groups (broad SMARTS) is 1. The average molecular weight is 281 g/mol. The van der Waals surface area contributed by atoms with Crippen molar-refractivity contribution in [3.05, 3.63) is 17.5 Å². The van der Waals surface area contributed by atoms with Gasteiger partial charge in [0, 0.05) is 37.3 Å². The molecule has 20 heavy (non-hydrogen) atoms. The Bertz CT molecular complexity index is 490. The highest BCUT2D eigenvalue weighted by Crippen LogP contribution is 2.26. The fourth-order valence-corrected chi connectivity index (χ4v) is 2.56. The van der Waals surface area contributed by atoms with E-state index in [4.69, 9.17) is 4.74 Å². The van der Waals surface area contributed by atoms with Crippen molar-refractivity contribution in [1.29, 1.82) is 0 Å². The first-order valence-corrected chi connectivity index (χ1v) is 6.86. The van der Waals surface area contributed by atoms with E-state index in [9.17, 15) is 9.90 Å². The van der Waals surface area contributed by atoms with Gasteiger partial charge >= 0.3 is 5.97 Å². The Balaban J connectivity index is 2.22. The zero-order valence-electron chi connectivity index (χ0n) is 12.6. The standard InChI is InChI=1S/C14H23N3O3/c1-14(2,3)12-10(7-16(4)15-12)8-17-5-6-20-9-11(17)13(18)19/h7,11H,5-6,8-9H2,1-4H3,(H,18,19). The van der Waals surface area contributed by atoms with Gasteiger partial charge in [0.15, 0.2) is 0 Å². The van der Waals surface area contributed by atoms with Crippen LogP contribution in [0.4, 0.5) is 0 Å². The summed E-state index contributed by atoms with van der Waals surface area (Å²) in [6.45, 7) is 8.41. The largest absolute Gasteiger partial charge is 0.480 e. The van der Waals surface area contributed by atoms with Crippen LogP contribution in [0.3, 0.4) is 0 Å². The molecule has 1 atom stereocenters. The number of hydrogen-bond donors (Lipinski definition) is 1. The second kappa shape index (κ2) is 5.54. The van der Waals surface area contributed by atoms with Crippen LogP contribution in [-0.4, -0.2) is 51.6 Å². The van der Waals surface area contributed by atoms with Crippen molar-refractivity contribution in [3.8, 4) is 0 Å². The molecule has 6 nitrogen and oxygen atoms in total. The van der Waals surface area contributed by atoms with Gasteiger partial charge in [0.05, 0.1) is 18.9 Å². The molecule has 112 valence electrons. The molecule has 1 fully saturated rings. The van der Waals surface area contributed by atoms with Gasteiger partial charge in [-0.05, 0) is 0 Å². The number of carboxylic acids is 1.